The zero-order valence-electron chi connectivity index (χ0n) is 11.0. The molecule has 0 aromatic heterocycles. The van der Waals surface area contributed by atoms with Gasteiger partial charge in [-0.1, -0.05) is 38.1 Å². The van der Waals surface area contributed by atoms with Crippen molar-refractivity contribution >= 4 is 0 Å². The Bertz CT molecular complexity index is 402. The lowest BCUT2D eigenvalue weighted by Crippen LogP contribution is -2.47. The molecule has 1 aliphatic heterocycles. The molecule has 1 aromatic rings. The van der Waals surface area contributed by atoms with E-state index in [1.807, 2.05) is 0 Å². The van der Waals surface area contributed by atoms with Gasteiger partial charge in [-0.25, -0.2) is 0 Å². The van der Waals surface area contributed by atoms with Crippen LogP contribution in [0.1, 0.15) is 50.2 Å². The molecule has 92 valence electrons. The number of hydrogen-bond donors (Lipinski definition) is 1. The molecule has 17 heavy (non-hydrogen) atoms. The highest BCUT2D eigenvalue weighted by Crippen LogP contribution is 2.44. The summed E-state index contributed by atoms with van der Waals surface area (Å²) in [4.78, 5) is 0. The third-order valence-corrected chi connectivity index (χ3v) is 4.95. The standard InChI is InChI=1S/C16H23N/c1-12(2)16(8-5-9-17-16)11-14-10-13-6-3-4-7-15(13)14/h3-4,6-7,12,14,17H,5,8-11H2,1-2H3. The number of benzene rings is 1. The van der Waals surface area contributed by atoms with Crippen LogP contribution in [-0.4, -0.2) is 12.1 Å². The highest BCUT2D eigenvalue weighted by molar-refractivity contribution is 5.40. The number of nitrogens with one attached hydrogen (secondary N) is 1. The molecule has 0 amide bonds. The third-order valence-electron chi connectivity index (χ3n) is 4.95. The molecule has 1 nitrogen and oxygen atoms in total. The fourth-order valence-corrected chi connectivity index (χ4v) is 3.72. The summed E-state index contributed by atoms with van der Waals surface area (Å²) in [6.07, 6.45) is 5.35. The monoisotopic (exact) mass is 229 g/mol. The van der Waals surface area contributed by atoms with Crippen LogP contribution in [0.2, 0.25) is 0 Å². The summed E-state index contributed by atoms with van der Waals surface area (Å²) in [5.41, 5.74) is 3.61. The molecule has 0 bridgehead atoms. The topological polar surface area (TPSA) is 12.0 Å². The number of hydrogen-bond acceptors (Lipinski definition) is 1. The van der Waals surface area contributed by atoms with Crippen molar-refractivity contribution in [3.63, 3.8) is 0 Å². The maximum atomic E-state index is 3.80. The Morgan fingerprint density at radius 2 is 2.18 bits per heavy atom. The Labute approximate surface area is 105 Å². The van der Waals surface area contributed by atoms with Gasteiger partial charge >= 0.3 is 0 Å². The van der Waals surface area contributed by atoms with Gasteiger partial charge in [-0.3, -0.25) is 0 Å². The average Bonchev–Trinajstić information content (AvgIpc) is 2.76. The van der Waals surface area contributed by atoms with Crippen LogP contribution in [0.4, 0.5) is 0 Å². The second kappa shape index (κ2) is 4.13. The molecule has 1 saturated heterocycles. The summed E-state index contributed by atoms with van der Waals surface area (Å²) in [7, 11) is 0. The summed E-state index contributed by atoms with van der Waals surface area (Å²) < 4.78 is 0. The fourth-order valence-electron chi connectivity index (χ4n) is 3.72. The maximum Gasteiger partial charge on any atom is 0.0210 e. The van der Waals surface area contributed by atoms with Gasteiger partial charge in [0.25, 0.3) is 0 Å². The maximum absolute atomic E-state index is 3.80. The predicted octanol–water partition coefficient (Wildman–Crippen LogP) is 3.49. The lowest BCUT2D eigenvalue weighted by atomic mass is 9.68. The SMILES string of the molecule is CC(C)C1(CC2Cc3ccccc32)CCCN1. The molecule has 0 saturated carbocycles. The van der Waals surface area contributed by atoms with Crippen molar-refractivity contribution in [2.75, 3.05) is 6.54 Å². The number of rotatable bonds is 3. The zero-order valence-corrected chi connectivity index (χ0v) is 11.0. The van der Waals surface area contributed by atoms with E-state index in [0.717, 1.165) is 11.8 Å². The van der Waals surface area contributed by atoms with Crippen molar-refractivity contribution in [1.82, 2.24) is 5.32 Å². The molecule has 3 rings (SSSR count). The first kappa shape index (κ1) is 11.3. The van der Waals surface area contributed by atoms with Gasteiger partial charge in [-0.15, -0.1) is 0 Å². The second-order valence-electron chi connectivity index (χ2n) is 6.15. The smallest absolute Gasteiger partial charge is 0.0210 e. The van der Waals surface area contributed by atoms with Gasteiger partial charge in [0.05, 0.1) is 0 Å². The van der Waals surface area contributed by atoms with E-state index in [2.05, 4.69) is 43.4 Å². The van der Waals surface area contributed by atoms with Crippen molar-refractivity contribution in [2.24, 2.45) is 5.92 Å². The summed E-state index contributed by atoms with van der Waals surface area (Å²) in [6.45, 7) is 5.97. The minimum atomic E-state index is 0.415. The van der Waals surface area contributed by atoms with Crippen LogP contribution in [0.15, 0.2) is 24.3 Å². The van der Waals surface area contributed by atoms with Crippen molar-refractivity contribution in [2.45, 2.75) is 51.0 Å². The van der Waals surface area contributed by atoms with Gasteiger partial charge in [-0.05, 0) is 55.2 Å². The van der Waals surface area contributed by atoms with E-state index in [4.69, 9.17) is 0 Å². The molecule has 1 N–H and O–H groups in total. The summed E-state index contributed by atoms with van der Waals surface area (Å²) >= 11 is 0. The Hall–Kier alpha value is -0.820. The van der Waals surface area contributed by atoms with Crippen molar-refractivity contribution < 1.29 is 0 Å². The van der Waals surface area contributed by atoms with Crippen LogP contribution in [0, 0.1) is 5.92 Å². The summed E-state index contributed by atoms with van der Waals surface area (Å²) in [6, 6.07) is 8.97. The fraction of sp³-hybridized carbons (Fsp3) is 0.625. The van der Waals surface area contributed by atoms with Crippen LogP contribution >= 0.6 is 0 Å². The first-order valence-electron chi connectivity index (χ1n) is 7.04. The van der Waals surface area contributed by atoms with E-state index in [0.29, 0.717) is 5.54 Å². The van der Waals surface area contributed by atoms with Crippen LogP contribution < -0.4 is 5.32 Å². The molecule has 1 fully saturated rings. The molecule has 1 aliphatic carbocycles. The van der Waals surface area contributed by atoms with Gasteiger partial charge in [0, 0.05) is 5.54 Å². The third kappa shape index (κ3) is 1.81. The largest absolute Gasteiger partial charge is 0.311 e. The van der Waals surface area contributed by atoms with E-state index in [-0.39, 0.29) is 0 Å². The highest BCUT2D eigenvalue weighted by atomic mass is 15.0. The van der Waals surface area contributed by atoms with E-state index in [1.165, 1.54) is 32.2 Å². The van der Waals surface area contributed by atoms with Gasteiger partial charge in [-0.2, -0.15) is 0 Å². The molecule has 1 heteroatoms. The van der Waals surface area contributed by atoms with Crippen molar-refractivity contribution in [1.29, 1.82) is 0 Å². The average molecular weight is 229 g/mol. The molecule has 1 heterocycles. The molecule has 2 atom stereocenters. The van der Waals surface area contributed by atoms with Gasteiger partial charge in [0.2, 0.25) is 0 Å². The number of fused-ring (bicyclic) bond motifs is 1. The lowest BCUT2D eigenvalue weighted by Gasteiger charge is -2.41. The minimum Gasteiger partial charge on any atom is -0.311 e. The Kier molecular flexibility index (Phi) is 2.74. The second-order valence-corrected chi connectivity index (χ2v) is 6.15. The van der Waals surface area contributed by atoms with Crippen LogP contribution in [0.25, 0.3) is 0 Å². The highest BCUT2D eigenvalue weighted by Gasteiger charge is 2.41. The molecule has 0 radical (unpaired) electrons. The zero-order chi connectivity index (χ0) is 11.9. The van der Waals surface area contributed by atoms with E-state index in [9.17, 15) is 0 Å². The molecule has 1 aromatic carbocycles. The van der Waals surface area contributed by atoms with Crippen LogP contribution in [-0.2, 0) is 6.42 Å². The first-order valence-corrected chi connectivity index (χ1v) is 7.04. The Balaban J connectivity index is 1.76. The van der Waals surface area contributed by atoms with E-state index in [1.54, 1.807) is 11.1 Å². The van der Waals surface area contributed by atoms with Gasteiger partial charge in [0.15, 0.2) is 0 Å². The summed E-state index contributed by atoms with van der Waals surface area (Å²) in [5.74, 6) is 1.55. The van der Waals surface area contributed by atoms with Gasteiger partial charge < -0.3 is 5.32 Å². The van der Waals surface area contributed by atoms with E-state index < -0.39 is 0 Å². The molecule has 0 spiro atoms. The molecular formula is C16H23N. The quantitative estimate of drug-likeness (QED) is 0.836. The van der Waals surface area contributed by atoms with E-state index >= 15 is 0 Å². The minimum absolute atomic E-state index is 0.415. The van der Waals surface area contributed by atoms with Crippen molar-refractivity contribution in [3.8, 4) is 0 Å². The first-order chi connectivity index (χ1) is 8.21. The van der Waals surface area contributed by atoms with Crippen LogP contribution in [0.3, 0.4) is 0 Å². The van der Waals surface area contributed by atoms with Crippen molar-refractivity contribution in [3.05, 3.63) is 35.4 Å². The predicted molar refractivity (Wildman–Crippen MR) is 72.3 cm³/mol. The molecular weight excluding hydrogens is 206 g/mol. The molecule has 2 unspecified atom stereocenters. The summed E-state index contributed by atoms with van der Waals surface area (Å²) in [5, 5.41) is 3.80. The Morgan fingerprint density at radius 1 is 1.35 bits per heavy atom. The molecule has 2 aliphatic rings. The lowest BCUT2D eigenvalue weighted by molar-refractivity contribution is 0.227. The van der Waals surface area contributed by atoms with Gasteiger partial charge in [0.1, 0.15) is 0 Å². The van der Waals surface area contributed by atoms with Crippen LogP contribution in [0.5, 0.6) is 0 Å². The Morgan fingerprint density at radius 3 is 2.82 bits per heavy atom. The normalized spacial score (nSPS) is 31.4.